The van der Waals surface area contributed by atoms with Crippen molar-refractivity contribution < 1.29 is 14.6 Å². The molecule has 1 aliphatic heterocycles. The van der Waals surface area contributed by atoms with Crippen molar-refractivity contribution in [2.24, 2.45) is 5.92 Å². The molecule has 1 aliphatic carbocycles. The van der Waals surface area contributed by atoms with Gasteiger partial charge in [-0.15, -0.1) is 0 Å². The van der Waals surface area contributed by atoms with E-state index in [4.69, 9.17) is 4.74 Å². The van der Waals surface area contributed by atoms with Crippen LogP contribution in [0, 0.1) is 5.92 Å². The summed E-state index contributed by atoms with van der Waals surface area (Å²) in [6.07, 6.45) is 1.40. The van der Waals surface area contributed by atoms with Crippen molar-refractivity contribution in [2.45, 2.75) is 50.9 Å². The van der Waals surface area contributed by atoms with Crippen LogP contribution in [0.5, 0.6) is 0 Å². The Kier molecular flexibility index (Phi) is 1.65. The van der Waals surface area contributed by atoms with E-state index in [-0.39, 0.29) is 11.9 Å². The summed E-state index contributed by atoms with van der Waals surface area (Å²) in [6.45, 7) is 5.36. The SMILES string of the molecule is CC1CC(=O)C2(C(C)(C)O)O[C@H]2C1. The van der Waals surface area contributed by atoms with Crippen molar-refractivity contribution in [1.82, 2.24) is 0 Å². The summed E-state index contributed by atoms with van der Waals surface area (Å²) in [6, 6.07) is 0. The fourth-order valence-electron chi connectivity index (χ4n) is 2.45. The second kappa shape index (κ2) is 2.34. The van der Waals surface area contributed by atoms with Gasteiger partial charge in [0.25, 0.3) is 0 Å². The van der Waals surface area contributed by atoms with Gasteiger partial charge in [-0.25, -0.2) is 0 Å². The first kappa shape index (κ1) is 9.16. The molecule has 0 aromatic heterocycles. The molecule has 2 rings (SSSR count). The van der Waals surface area contributed by atoms with Crippen molar-refractivity contribution in [3.05, 3.63) is 0 Å². The van der Waals surface area contributed by atoms with E-state index in [0.29, 0.717) is 12.3 Å². The maximum absolute atomic E-state index is 11.7. The first-order valence-corrected chi connectivity index (χ1v) is 4.81. The Balaban J connectivity index is 2.25. The summed E-state index contributed by atoms with van der Waals surface area (Å²) in [5.41, 5.74) is -1.89. The van der Waals surface area contributed by atoms with Crippen LogP contribution in [0.2, 0.25) is 0 Å². The van der Waals surface area contributed by atoms with Gasteiger partial charge in [-0.3, -0.25) is 4.79 Å². The predicted octanol–water partition coefficient (Wildman–Crippen LogP) is 0.894. The van der Waals surface area contributed by atoms with Gasteiger partial charge in [-0.1, -0.05) is 6.92 Å². The van der Waals surface area contributed by atoms with E-state index in [9.17, 15) is 9.90 Å². The van der Waals surface area contributed by atoms with Crippen LogP contribution in [0.4, 0.5) is 0 Å². The minimum Gasteiger partial charge on any atom is -0.387 e. The molecule has 3 atom stereocenters. The highest BCUT2D eigenvalue weighted by Gasteiger charge is 2.71. The average molecular weight is 184 g/mol. The van der Waals surface area contributed by atoms with Crippen molar-refractivity contribution in [1.29, 1.82) is 0 Å². The highest BCUT2D eigenvalue weighted by Crippen LogP contribution is 2.53. The number of ketones is 1. The fourth-order valence-corrected chi connectivity index (χ4v) is 2.45. The minimum atomic E-state index is -1.03. The van der Waals surface area contributed by atoms with Gasteiger partial charge >= 0.3 is 0 Å². The zero-order valence-corrected chi connectivity index (χ0v) is 8.33. The number of rotatable bonds is 1. The van der Waals surface area contributed by atoms with Crippen LogP contribution in [0.15, 0.2) is 0 Å². The van der Waals surface area contributed by atoms with E-state index in [1.165, 1.54) is 0 Å². The number of carbonyl (C=O) groups is 1. The van der Waals surface area contributed by atoms with Crippen LogP contribution >= 0.6 is 0 Å². The zero-order valence-electron chi connectivity index (χ0n) is 8.33. The lowest BCUT2D eigenvalue weighted by Crippen LogP contribution is -2.50. The lowest BCUT2D eigenvalue weighted by Gasteiger charge is -2.29. The van der Waals surface area contributed by atoms with Crippen LogP contribution in [0.25, 0.3) is 0 Å². The summed E-state index contributed by atoms with van der Waals surface area (Å²) >= 11 is 0. The van der Waals surface area contributed by atoms with Crippen LogP contribution in [-0.4, -0.2) is 28.2 Å². The topological polar surface area (TPSA) is 49.8 Å². The normalized spacial score (nSPS) is 44.5. The molecular formula is C10H16O3. The van der Waals surface area contributed by atoms with Gasteiger partial charge in [0.15, 0.2) is 11.4 Å². The third kappa shape index (κ3) is 1.07. The molecule has 1 heterocycles. The van der Waals surface area contributed by atoms with Gasteiger partial charge in [-0.2, -0.15) is 0 Å². The predicted molar refractivity (Wildman–Crippen MR) is 47.3 cm³/mol. The number of hydrogen-bond acceptors (Lipinski definition) is 3. The van der Waals surface area contributed by atoms with Gasteiger partial charge in [0, 0.05) is 6.42 Å². The van der Waals surface area contributed by atoms with E-state index in [0.717, 1.165) is 6.42 Å². The number of aliphatic hydroxyl groups is 1. The molecule has 1 N–H and O–H groups in total. The van der Waals surface area contributed by atoms with Gasteiger partial charge in [0.1, 0.15) is 0 Å². The maximum atomic E-state index is 11.7. The van der Waals surface area contributed by atoms with E-state index in [1.807, 2.05) is 6.92 Å². The highest BCUT2D eigenvalue weighted by atomic mass is 16.6. The van der Waals surface area contributed by atoms with E-state index in [1.54, 1.807) is 13.8 Å². The Morgan fingerprint density at radius 2 is 2.23 bits per heavy atom. The molecule has 1 saturated carbocycles. The molecule has 1 saturated heterocycles. The molecule has 0 aromatic carbocycles. The van der Waals surface area contributed by atoms with E-state index < -0.39 is 11.2 Å². The number of Topliss-reactive ketones (excluding diaryl/α,β-unsaturated/α-hetero) is 1. The molecule has 2 fully saturated rings. The lowest BCUT2D eigenvalue weighted by atomic mass is 9.74. The van der Waals surface area contributed by atoms with Gasteiger partial charge in [0.05, 0.1) is 11.7 Å². The Labute approximate surface area is 78.1 Å². The second-order valence-corrected chi connectivity index (χ2v) is 4.87. The number of epoxide rings is 1. The Hall–Kier alpha value is -0.410. The van der Waals surface area contributed by atoms with Crippen molar-refractivity contribution in [2.75, 3.05) is 0 Å². The third-order valence-electron chi connectivity index (χ3n) is 3.20. The van der Waals surface area contributed by atoms with Gasteiger partial charge in [-0.05, 0) is 26.2 Å². The molecule has 0 bridgehead atoms. The third-order valence-corrected chi connectivity index (χ3v) is 3.20. The average Bonchev–Trinajstić information content (AvgIpc) is 2.60. The molecule has 0 radical (unpaired) electrons. The molecule has 74 valence electrons. The van der Waals surface area contributed by atoms with E-state index >= 15 is 0 Å². The van der Waals surface area contributed by atoms with Crippen molar-refractivity contribution in [3.8, 4) is 0 Å². The standard InChI is InChI=1S/C10H16O3/c1-6-4-7(11)10(9(2,3)12)8(5-6)13-10/h6,8,12H,4-5H2,1-3H3/t6?,8-,10?/m0/s1. The summed E-state index contributed by atoms with van der Waals surface area (Å²) in [5.74, 6) is 0.472. The fraction of sp³-hybridized carbons (Fsp3) is 0.900. The summed E-state index contributed by atoms with van der Waals surface area (Å²) in [4.78, 5) is 11.7. The molecule has 0 amide bonds. The monoisotopic (exact) mass is 184 g/mol. The first-order valence-electron chi connectivity index (χ1n) is 4.81. The molecule has 3 heteroatoms. The quantitative estimate of drug-likeness (QED) is 0.616. The maximum Gasteiger partial charge on any atom is 0.180 e. The highest BCUT2D eigenvalue weighted by molar-refractivity contribution is 5.93. The summed E-state index contributed by atoms with van der Waals surface area (Å²) in [7, 11) is 0. The van der Waals surface area contributed by atoms with Crippen LogP contribution in [0.1, 0.15) is 33.6 Å². The number of hydrogen-bond donors (Lipinski definition) is 1. The minimum absolute atomic E-state index is 0.0382. The van der Waals surface area contributed by atoms with Gasteiger partial charge < -0.3 is 9.84 Å². The van der Waals surface area contributed by atoms with Crippen molar-refractivity contribution in [3.63, 3.8) is 0 Å². The second-order valence-electron chi connectivity index (χ2n) is 4.87. The molecule has 3 nitrogen and oxygen atoms in total. The van der Waals surface area contributed by atoms with Crippen LogP contribution < -0.4 is 0 Å². The first-order chi connectivity index (χ1) is 5.88. The molecule has 0 spiro atoms. The Bertz CT molecular complexity index is 253. The molecule has 2 unspecified atom stereocenters. The number of fused-ring (bicyclic) bond motifs is 1. The summed E-state index contributed by atoms with van der Waals surface area (Å²) < 4.78 is 5.41. The molecule has 2 aliphatic rings. The Morgan fingerprint density at radius 1 is 1.62 bits per heavy atom. The molecule has 13 heavy (non-hydrogen) atoms. The number of ether oxygens (including phenoxy) is 1. The van der Waals surface area contributed by atoms with Gasteiger partial charge in [0.2, 0.25) is 0 Å². The summed E-state index contributed by atoms with van der Waals surface area (Å²) in [5, 5.41) is 9.85. The van der Waals surface area contributed by atoms with Crippen molar-refractivity contribution >= 4 is 5.78 Å². The largest absolute Gasteiger partial charge is 0.387 e. The lowest BCUT2D eigenvalue weighted by molar-refractivity contribution is -0.134. The van der Waals surface area contributed by atoms with Crippen LogP contribution in [0.3, 0.4) is 0 Å². The number of carbonyl (C=O) groups excluding carboxylic acids is 1. The Morgan fingerprint density at radius 3 is 2.69 bits per heavy atom. The molecule has 0 aromatic rings. The van der Waals surface area contributed by atoms with Crippen LogP contribution in [-0.2, 0) is 9.53 Å². The smallest absolute Gasteiger partial charge is 0.180 e. The van der Waals surface area contributed by atoms with E-state index in [2.05, 4.69) is 0 Å². The zero-order chi connectivity index (χ0) is 9.85. The molecular weight excluding hydrogens is 168 g/mol.